The zero-order valence-corrected chi connectivity index (χ0v) is 17.2. The third-order valence-electron chi connectivity index (χ3n) is 5.54. The minimum atomic E-state index is -0.938. The lowest BCUT2D eigenvalue weighted by molar-refractivity contribution is -0.140. The van der Waals surface area contributed by atoms with Crippen LogP contribution in [0.15, 0.2) is 42.5 Å². The van der Waals surface area contributed by atoms with Crippen LogP contribution in [0.2, 0.25) is 0 Å². The Morgan fingerprint density at radius 1 is 1.13 bits per heavy atom. The molecular formula is C23H28N4O3. The smallest absolute Gasteiger partial charge is 0.251 e. The van der Waals surface area contributed by atoms with Crippen LogP contribution in [0.25, 0.3) is 22.3 Å². The highest BCUT2D eigenvalue weighted by atomic mass is 16.3. The van der Waals surface area contributed by atoms with Crippen molar-refractivity contribution < 1.29 is 16.4 Å². The van der Waals surface area contributed by atoms with E-state index < -0.39 is 6.10 Å². The summed E-state index contributed by atoms with van der Waals surface area (Å²) < 4.78 is 0. The molecule has 7 nitrogen and oxygen atoms in total. The third kappa shape index (κ3) is 3.80. The topological polar surface area (TPSA) is 89.8 Å². The molecule has 1 aliphatic rings. The molecule has 1 amide bonds. The lowest BCUT2D eigenvalue weighted by Gasteiger charge is -2.36. The normalized spacial score (nSPS) is 15.4. The van der Waals surface area contributed by atoms with Gasteiger partial charge in [-0.05, 0) is 43.2 Å². The molecule has 1 atom stereocenters. The maximum atomic E-state index is 12.3. The first-order valence-electron chi connectivity index (χ1n) is 10.3. The van der Waals surface area contributed by atoms with Crippen molar-refractivity contribution in [1.29, 1.82) is 0 Å². The molecule has 1 aliphatic heterocycles. The van der Waals surface area contributed by atoms with E-state index in [9.17, 15) is 15.0 Å². The van der Waals surface area contributed by atoms with E-state index >= 15 is 0 Å². The Bertz CT molecular complexity index is 1080. The number of anilines is 1. The number of aryl methyl sites for hydroxylation is 1. The summed E-state index contributed by atoms with van der Waals surface area (Å²) in [7, 11) is 0. The molecule has 0 bridgehead atoms. The van der Waals surface area contributed by atoms with Gasteiger partial charge < -0.3 is 20.0 Å². The van der Waals surface area contributed by atoms with Crippen molar-refractivity contribution in [2.24, 2.45) is 0 Å². The molecule has 1 fully saturated rings. The number of aromatic hydroxyl groups is 1. The molecule has 0 unspecified atom stereocenters. The van der Waals surface area contributed by atoms with Crippen LogP contribution in [-0.2, 0) is 4.79 Å². The minimum Gasteiger partial charge on any atom is -0.507 e. The van der Waals surface area contributed by atoms with Crippen molar-refractivity contribution >= 4 is 22.6 Å². The van der Waals surface area contributed by atoms with Gasteiger partial charge in [0.1, 0.15) is 17.7 Å². The molecule has 3 aromatic rings. The number of aliphatic hydroxyl groups is 1. The van der Waals surface area contributed by atoms with Crippen LogP contribution >= 0.6 is 0 Å². The van der Waals surface area contributed by atoms with Crippen LogP contribution < -0.4 is 4.90 Å². The largest absolute Gasteiger partial charge is 0.507 e. The molecule has 2 N–H and O–H groups in total. The van der Waals surface area contributed by atoms with E-state index in [-0.39, 0.29) is 13.1 Å². The molecule has 4 rings (SSSR count). The van der Waals surface area contributed by atoms with Crippen molar-refractivity contribution in [3.63, 3.8) is 0 Å². The summed E-state index contributed by atoms with van der Waals surface area (Å²) in [5.74, 6) is 1.19. The number of phenols is 1. The second-order valence-corrected chi connectivity index (χ2v) is 7.64. The van der Waals surface area contributed by atoms with Gasteiger partial charge in [-0.2, -0.15) is 0 Å². The van der Waals surface area contributed by atoms with Crippen LogP contribution in [0.1, 0.15) is 20.3 Å². The Balaban J connectivity index is 0.00000272. The van der Waals surface area contributed by atoms with Crippen molar-refractivity contribution in [3.05, 3.63) is 48.0 Å². The fourth-order valence-corrected chi connectivity index (χ4v) is 3.77. The van der Waals surface area contributed by atoms with Crippen molar-refractivity contribution in [2.75, 3.05) is 31.1 Å². The lowest BCUT2D eigenvalue weighted by Crippen LogP contribution is -2.51. The number of aromatic nitrogens is 2. The van der Waals surface area contributed by atoms with Gasteiger partial charge in [-0.1, -0.05) is 25.1 Å². The summed E-state index contributed by atoms with van der Waals surface area (Å²) in [6, 6.07) is 13.1. The molecule has 0 saturated carbocycles. The molecule has 0 aliphatic carbocycles. The number of phenolic OH excluding ortho intramolecular Hbond substituents is 1. The Kier molecular flexibility index (Phi) is 5.55. The van der Waals surface area contributed by atoms with E-state index in [1.54, 1.807) is 30.0 Å². The summed E-state index contributed by atoms with van der Waals surface area (Å²) in [5.41, 5.74) is 2.50. The zero-order valence-electron chi connectivity index (χ0n) is 17.2. The average molecular weight is 409 g/mol. The number of hydrogen-bond acceptors (Lipinski definition) is 6. The highest BCUT2D eigenvalue weighted by molar-refractivity contribution is 5.92. The molecular weight excluding hydrogens is 380 g/mol. The van der Waals surface area contributed by atoms with E-state index in [0.29, 0.717) is 44.0 Å². The first kappa shape index (κ1) is 20.1. The Hall–Kier alpha value is -3.19. The van der Waals surface area contributed by atoms with Crippen LogP contribution in [0.5, 0.6) is 5.75 Å². The molecule has 2 heterocycles. The van der Waals surface area contributed by atoms with Crippen LogP contribution in [0.4, 0.5) is 5.82 Å². The number of hydrogen-bond donors (Lipinski definition) is 2. The molecule has 7 heteroatoms. The molecule has 158 valence electrons. The van der Waals surface area contributed by atoms with Gasteiger partial charge in [-0.3, -0.25) is 4.79 Å². The standard InChI is InChI=1S/C23H26N4O3.H2/c1-3-19(28)23(30)27-12-10-26(11-13-27)22-16-9-8-15(2)14-18(16)24-21(25-22)17-6-4-5-7-20(17)29;/h4-9,14,19,28-29H,3,10-13H2,1-2H3;1H/t19-;/m1./s1. The van der Waals surface area contributed by atoms with Crippen molar-refractivity contribution in [1.82, 2.24) is 14.9 Å². The van der Waals surface area contributed by atoms with E-state index in [0.717, 1.165) is 22.3 Å². The lowest BCUT2D eigenvalue weighted by atomic mass is 10.1. The summed E-state index contributed by atoms with van der Waals surface area (Å²) in [6.07, 6.45) is -0.522. The Morgan fingerprint density at radius 2 is 1.87 bits per heavy atom. The molecule has 2 aromatic carbocycles. The second kappa shape index (κ2) is 8.28. The van der Waals surface area contributed by atoms with Gasteiger partial charge in [0.15, 0.2) is 5.82 Å². The number of nitrogens with zero attached hydrogens (tertiary/aromatic N) is 4. The minimum absolute atomic E-state index is 0. The highest BCUT2D eigenvalue weighted by Crippen LogP contribution is 2.32. The fraction of sp³-hybridized carbons (Fsp3) is 0.348. The summed E-state index contributed by atoms with van der Waals surface area (Å²) >= 11 is 0. The first-order valence-corrected chi connectivity index (χ1v) is 10.3. The van der Waals surface area contributed by atoms with Crippen LogP contribution in [-0.4, -0.2) is 63.3 Å². The van der Waals surface area contributed by atoms with Crippen molar-refractivity contribution in [2.45, 2.75) is 26.4 Å². The van der Waals surface area contributed by atoms with Gasteiger partial charge in [0, 0.05) is 33.0 Å². The number of benzene rings is 2. The summed E-state index contributed by atoms with van der Waals surface area (Å²) in [6.45, 7) is 6.10. The van der Waals surface area contributed by atoms with Gasteiger partial charge >= 0.3 is 0 Å². The first-order chi connectivity index (χ1) is 14.5. The zero-order chi connectivity index (χ0) is 21.3. The summed E-state index contributed by atoms with van der Waals surface area (Å²) in [4.78, 5) is 25.7. The second-order valence-electron chi connectivity index (χ2n) is 7.64. The highest BCUT2D eigenvalue weighted by Gasteiger charge is 2.27. The predicted molar refractivity (Wildman–Crippen MR) is 119 cm³/mol. The van der Waals surface area contributed by atoms with Gasteiger partial charge in [0.2, 0.25) is 0 Å². The maximum absolute atomic E-state index is 12.3. The van der Waals surface area contributed by atoms with Crippen LogP contribution in [0, 0.1) is 6.92 Å². The molecule has 0 spiro atoms. The van der Waals surface area contributed by atoms with Crippen molar-refractivity contribution in [3.8, 4) is 17.1 Å². The van der Waals surface area contributed by atoms with Gasteiger partial charge in [-0.15, -0.1) is 0 Å². The number of aliphatic hydroxyl groups excluding tert-OH is 1. The number of rotatable bonds is 4. The number of carbonyl (C=O) groups is 1. The Morgan fingerprint density at radius 3 is 2.57 bits per heavy atom. The van der Waals surface area contributed by atoms with E-state index in [2.05, 4.69) is 4.90 Å². The average Bonchev–Trinajstić information content (AvgIpc) is 2.77. The third-order valence-corrected chi connectivity index (χ3v) is 5.54. The Labute approximate surface area is 177 Å². The van der Waals surface area contributed by atoms with Gasteiger partial charge in [0.25, 0.3) is 5.91 Å². The monoisotopic (exact) mass is 408 g/mol. The van der Waals surface area contributed by atoms with Gasteiger partial charge in [-0.25, -0.2) is 9.97 Å². The van der Waals surface area contributed by atoms with Crippen LogP contribution in [0.3, 0.4) is 0 Å². The van der Waals surface area contributed by atoms with Gasteiger partial charge in [0.05, 0.1) is 11.1 Å². The predicted octanol–water partition coefficient (Wildman–Crippen LogP) is 2.98. The molecule has 30 heavy (non-hydrogen) atoms. The SMILES string of the molecule is CC[C@@H](O)C(=O)N1CCN(c2nc(-c3ccccc3O)nc3cc(C)ccc23)CC1.[HH]. The molecule has 1 saturated heterocycles. The number of amides is 1. The van der Waals surface area contributed by atoms with E-state index in [4.69, 9.17) is 9.97 Å². The quantitative estimate of drug-likeness (QED) is 0.690. The fourth-order valence-electron chi connectivity index (χ4n) is 3.77. The number of fused-ring (bicyclic) bond motifs is 1. The molecule has 1 aromatic heterocycles. The van der Waals surface area contributed by atoms with E-state index in [1.165, 1.54) is 0 Å². The number of piperazine rings is 1. The van der Waals surface area contributed by atoms with E-state index in [1.807, 2.05) is 31.2 Å². The number of carbonyl (C=O) groups excluding carboxylic acids is 1. The summed E-state index contributed by atoms with van der Waals surface area (Å²) in [5, 5.41) is 21.1. The number of para-hydroxylation sites is 1. The maximum Gasteiger partial charge on any atom is 0.251 e. The molecule has 0 radical (unpaired) electrons.